The normalized spacial score (nSPS) is 36.7. The van der Waals surface area contributed by atoms with E-state index in [-0.39, 0.29) is 11.4 Å². The van der Waals surface area contributed by atoms with Crippen molar-refractivity contribution >= 4 is 5.91 Å². The van der Waals surface area contributed by atoms with Crippen molar-refractivity contribution in [3.8, 4) is 0 Å². The molecule has 1 aromatic rings. The first kappa shape index (κ1) is 13.3. The molecule has 1 aromatic heterocycles. The molecule has 112 valence electrons. The van der Waals surface area contributed by atoms with Gasteiger partial charge in [0.05, 0.1) is 0 Å². The van der Waals surface area contributed by atoms with Crippen LogP contribution in [0.2, 0.25) is 0 Å². The first-order valence-corrected chi connectivity index (χ1v) is 8.37. The number of carbonyl (C=O) groups excluding carboxylic acids is 1. The summed E-state index contributed by atoms with van der Waals surface area (Å²) in [6.45, 7) is 2.52. The maximum atomic E-state index is 12.5. The Morgan fingerprint density at radius 3 is 2.19 bits per heavy atom. The summed E-state index contributed by atoms with van der Waals surface area (Å²) in [4.78, 5) is 12.5. The molecule has 4 aliphatic rings. The van der Waals surface area contributed by atoms with E-state index in [9.17, 15) is 4.79 Å². The Kier molecular flexibility index (Phi) is 3.05. The molecule has 1 amide bonds. The summed E-state index contributed by atoms with van der Waals surface area (Å²) in [5, 5.41) is 3.43. The van der Waals surface area contributed by atoms with Crippen molar-refractivity contribution in [3.05, 3.63) is 30.1 Å². The summed E-state index contributed by atoms with van der Waals surface area (Å²) in [7, 11) is 0. The molecule has 5 rings (SSSR count). The molecule has 4 aliphatic carbocycles. The molecule has 21 heavy (non-hydrogen) atoms. The number of hydrogen-bond donors (Lipinski definition) is 1. The number of hydrogen-bond acceptors (Lipinski definition) is 1. The van der Waals surface area contributed by atoms with Crippen LogP contribution in [0, 0.1) is 24.7 Å². The summed E-state index contributed by atoms with van der Waals surface area (Å²) in [6.07, 6.45) is 11.9. The third-order valence-electron chi connectivity index (χ3n) is 5.83. The number of pyridine rings is 1. The molecule has 0 saturated heterocycles. The van der Waals surface area contributed by atoms with E-state index in [1.54, 1.807) is 0 Å². The van der Waals surface area contributed by atoms with E-state index in [1.165, 1.54) is 44.1 Å². The number of nitrogens with one attached hydrogen (secondary N) is 1. The van der Waals surface area contributed by atoms with E-state index in [1.807, 2.05) is 17.0 Å². The number of aromatic nitrogens is 1. The van der Waals surface area contributed by atoms with Crippen molar-refractivity contribution < 1.29 is 9.36 Å². The van der Waals surface area contributed by atoms with Crippen molar-refractivity contribution in [2.45, 2.75) is 57.5 Å². The first-order chi connectivity index (χ1) is 10.1. The number of carbonyl (C=O) groups is 1. The zero-order chi connectivity index (χ0) is 14.4. The second-order valence-corrected chi connectivity index (χ2v) is 7.79. The van der Waals surface area contributed by atoms with E-state index < -0.39 is 0 Å². The van der Waals surface area contributed by atoms with Gasteiger partial charge in [-0.05, 0) is 68.8 Å². The number of rotatable bonds is 3. The van der Waals surface area contributed by atoms with E-state index >= 15 is 0 Å². The third-order valence-corrected chi connectivity index (χ3v) is 5.83. The number of nitrogens with zero attached hydrogens (tertiary/aromatic N) is 1. The highest BCUT2D eigenvalue weighted by Gasteiger charge is 2.51. The molecule has 0 radical (unpaired) electrons. The fraction of sp³-hybridized carbons (Fsp3) is 0.667. The van der Waals surface area contributed by atoms with Crippen molar-refractivity contribution in [3.63, 3.8) is 0 Å². The SMILES string of the molecule is Cc1cc[n+](CC(=O)NC23CC4CC(CC(C4)C2)C3)cc1. The van der Waals surface area contributed by atoms with Crippen LogP contribution in [-0.4, -0.2) is 11.4 Å². The molecule has 3 nitrogen and oxygen atoms in total. The summed E-state index contributed by atoms with van der Waals surface area (Å²) in [6, 6.07) is 4.11. The van der Waals surface area contributed by atoms with Crippen LogP contribution in [0.15, 0.2) is 24.5 Å². The maximum Gasteiger partial charge on any atom is 0.286 e. The van der Waals surface area contributed by atoms with Gasteiger partial charge in [-0.1, -0.05) is 0 Å². The Morgan fingerprint density at radius 2 is 1.67 bits per heavy atom. The Morgan fingerprint density at radius 1 is 1.14 bits per heavy atom. The number of aryl methyl sites for hydroxylation is 1. The predicted molar refractivity (Wildman–Crippen MR) is 80.4 cm³/mol. The molecule has 1 heterocycles. The Labute approximate surface area is 126 Å². The molecule has 0 aliphatic heterocycles. The van der Waals surface area contributed by atoms with E-state index in [0.29, 0.717) is 6.54 Å². The Balaban J connectivity index is 1.43. The lowest BCUT2D eigenvalue weighted by Gasteiger charge is -2.56. The third kappa shape index (κ3) is 2.58. The molecular formula is C18H25N2O+. The van der Waals surface area contributed by atoms with Crippen molar-refractivity contribution in [2.75, 3.05) is 0 Å². The maximum absolute atomic E-state index is 12.5. The van der Waals surface area contributed by atoms with E-state index in [2.05, 4.69) is 24.4 Å². The minimum Gasteiger partial charge on any atom is -0.345 e. The monoisotopic (exact) mass is 285 g/mol. The highest BCUT2D eigenvalue weighted by Crippen LogP contribution is 2.55. The van der Waals surface area contributed by atoms with Gasteiger partial charge in [0.15, 0.2) is 12.4 Å². The fourth-order valence-corrected chi connectivity index (χ4v) is 5.40. The highest BCUT2D eigenvalue weighted by atomic mass is 16.2. The topological polar surface area (TPSA) is 33.0 Å². The average molecular weight is 285 g/mol. The van der Waals surface area contributed by atoms with Crippen LogP contribution >= 0.6 is 0 Å². The van der Waals surface area contributed by atoms with Gasteiger partial charge in [0.2, 0.25) is 6.54 Å². The van der Waals surface area contributed by atoms with Crippen LogP contribution < -0.4 is 9.88 Å². The summed E-state index contributed by atoms with van der Waals surface area (Å²) < 4.78 is 1.98. The molecule has 0 spiro atoms. The van der Waals surface area contributed by atoms with Crippen molar-refractivity contribution in [1.29, 1.82) is 0 Å². The van der Waals surface area contributed by atoms with Crippen LogP contribution in [0.3, 0.4) is 0 Å². The summed E-state index contributed by atoms with van der Waals surface area (Å²) >= 11 is 0. The van der Waals surface area contributed by atoms with Crippen LogP contribution in [0.5, 0.6) is 0 Å². The van der Waals surface area contributed by atoms with Gasteiger partial charge in [0.1, 0.15) is 0 Å². The standard InChI is InChI=1S/C18H24N2O/c1-13-2-4-20(5-3-13)12-17(21)19-18-9-14-6-15(10-18)8-16(7-14)11-18/h2-5,14-16H,6-12H2,1H3/p+1. The van der Waals surface area contributed by atoms with E-state index in [0.717, 1.165) is 17.8 Å². The summed E-state index contributed by atoms with van der Waals surface area (Å²) in [5.41, 5.74) is 1.37. The fourth-order valence-electron chi connectivity index (χ4n) is 5.40. The van der Waals surface area contributed by atoms with Crippen LogP contribution in [0.4, 0.5) is 0 Å². The molecule has 0 atom stereocenters. The quantitative estimate of drug-likeness (QED) is 0.850. The van der Waals surface area contributed by atoms with Gasteiger partial charge in [0, 0.05) is 17.7 Å². The van der Waals surface area contributed by atoms with Gasteiger partial charge in [-0.3, -0.25) is 4.79 Å². The second-order valence-electron chi connectivity index (χ2n) is 7.79. The van der Waals surface area contributed by atoms with Gasteiger partial charge in [0.25, 0.3) is 5.91 Å². The van der Waals surface area contributed by atoms with Crippen molar-refractivity contribution in [2.24, 2.45) is 17.8 Å². The Hall–Kier alpha value is -1.38. The van der Waals surface area contributed by atoms with Crippen molar-refractivity contribution in [1.82, 2.24) is 5.32 Å². The first-order valence-electron chi connectivity index (χ1n) is 8.37. The Bertz CT molecular complexity index is 514. The largest absolute Gasteiger partial charge is 0.345 e. The summed E-state index contributed by atoms with van der Waals surface area (Å²) in [5.74, 6) is 2.82. The van der Waals surface area contributed by atoms with Crippen LogP contribution in [-0.2, 0) is 11.3 Å². The highest BCUT2D eigenvalue weighted by molar-refractivity contribution is 5.75. The van der Waals surface area contributed by atoms with Gasteiger partial charge >= 0.3 is 0 Å². The van der Waals surface area contributed by atoms with Gasteiger partial charge in [-0.25, -0.2) is 0 Å². The molecule has 4 bridgehead atoms. The molecule has 0 aromatic carbocycles. The predicted octanol–water partition coefficient (Wildman–Crippen LogP) is 2.37. The van der Waals surface area contributed by atoms with Crippen LogP contribution in [0.1, 0.15) is 44.1 Å². The lowest BCUT2D eigenvalue weighted by Crippen LogP contribution is -2.61. The zero-order valence-corrected chi connectivity index (χ0v) is 12.8. The lowest BCUT2D eigenvalue weighted by molar-refractivity contribution is -0.684. The molecule has 4 fully saturated rings. The number of amides is 1. The van der Waals surface area contributed by atoms with E-state index in [4.69, 9.17) is 0 Å². The second kappa shape index (κ2) is 4.82. The minimum absolute atomic E-state index is 0.136. The molecular weight excluding hydrogens is 260 g/mol. The molecule has 4 saturated carbocycles. The van der Waals surface area contributed by atoms with Gasteiger partial charge in [-0.15, -0.1) is 0 Å². The average Bonchev–Trinajstić information content (AvgIpc) is 2.39. The van der Waals surface area contributed by atoms with Crippen LogP contribution in [0.25, 0.3) is 0 Å². The zero-order valence-electron chi connectivity index (χ0n) is 12.8. The smallest absolute Gasteiger partial charge is 0.286 e. The van der Waals surface area contributed by atoms with Gasteiger partial charge < -0.3 is 5.32 Å². The van der Waals surface area contributed by atoms with Gasteiger partial charge in [-0.2, -0.15) is 4.57 Å². The molecule has 1 N–H and O–H groups in total. The molecule has 0 unspecified atom stereocenters. The minimum atomic E-state index is 0.136. The molecule has 3 heteroatoms. The lowest BCUT2D eigenvalue weighted by atomic mass is 9.53.